The van der Waals surface area contributed by atoms with Gasteiger partial charge in [-0.15, -0.1) is 23.1 Å². The third-order valence-electron chi connectivity index (χ3n) is 5.31. The number of pyridine rings is 1. The summed E-state index contributed by atoms with van der Waals surface area (Å²) in [5.74, 6) is -1.57. The topological polar surface area (TPSA) is 93.4 Å². The van der Waals surface area contributed by atoms with Crippen molar-refractivity contribution in [2.24, 2.45) is 0 Å². The number of aliphatic carboxylic acids is 1. The first-order valence-corrected chi connectivity index (χ1v) is 12.4. The van der Waals surface area contributed by atoms with Crippen molar-refractivity contribution >= 4 is 62.4 Å². The third-order valence-corrected chi connectivity index (χ3v) is 8.49. The molecular formula is C21H17N3O4S3. The second-order valence-corrected chi connectivity index (χ2v) is 10.3. The van der Waals surface area contributed by atoms with Gasteiger partial charge in [0.1, 0.15) is 11.4 Å². The molecule has 1 saturated heterocycles. The summed E-state index contributed by atoms with van der Waals surface area (Å²) < 4.78 is 1.99. The quantitative estimate of drug-likeness (QED) is 0.426. The van der Waals surface area contributed by atoms with E-state index >= 15 is 0 Å². The molecule has 0 aromatic carbocycles. The molecule has 1 unspecified atom stereocenters. The van der Waals surface area contributed by atoms with Crippen molar-refractivity contribution < 1.29 is 24.1 Å². The van der Waals surface area contributed by atoms with E-state index in [0.29, 0.717) is 17.9 Å². The number of carbonyl (C=O) groups is 3. The van der Waals surface area contributed by atoms with E-state index in [9.17, 15) is 19.5 Å². The Morgan fingerprint density at radius 3 is 2.84 bits per heavy atom. The Labute approximate surface area is 190 Å². The number of aromatic nitrogens is 1. The number of rotatable bonds is 6. The molecule has 0 spiro atoms. The fourth-order valence-electron chi connectivity index (χ4n) is 3.91. The number of carboxylic acid groups (broad SMARTS) is 1. The Morgan fingerprint density at radius 1 is 1.19 bits per heavy atom. The standard InChI is InChI=1S/C21H17N3O4S3/c25-15(9-14-4-2-7-29-14)22-16-18(26)24-17(21(27)28)13(11-31-20(16)24)10-23-6-1-3-12-5-8-30-19(12)23/h1-8,16,20H,9-11H2,(H-,22,25,27,28)/t16?,20-/m0/s1. The van der Waals surface area contributed by atoms with Crippen LogP contribution in [0.3, 0.4) is 0 Å². The maximum absolute atomic E-state index is 12.8. The van der Waals surface area contributed by atoms with Crippen LogP contribution in [0.5, 0.6) is 0 Å². The highest BCUT2D eigenvalue weighted by Gasteiger charge is 2.53. The van der Waals surface area contributed by atoms with Crippen molar-refractivity contribution in [2.75, 3.05) is 5.75 Å². The summed E-state index contributed by atoms with van der Waals surface area (Å²) in [5, 5.41) is 19.3. The minimum absolute atomic E-state index is 0.0708. The van der Waals surface area contributed by atoms with E-state index in [2.05, 4.69) is 5.32 Å². The van der Waals surface area contributed by atoms with Crippen LogP contribution in [0, 0.1) is 0 Å². The van der Waals surface area contributed by atoms with Crippen LogP contribution in [0.15, 0.2) is 58.6 Å². The SMILES string of the molecule is O=C(Cc1cccs1)NC1C(=O)N2C(C(=O)[O-])=C(C[n+]3cccc4ccsc43)CS[C@@H]12. The van der Waals surface area contributed by atoms with Crippen LogP contribution >= 0.6 is 34.4 Å². The first kappa shape index (κ1) is 20.2. The van der Waals surface area contributed by atoms with Gasteiger partial charge in [-0.05, 0) is 29.0 Å². The number of hydrogen-bond donors (Lipinski definition) is 1. The van der Waals surface area contributed by atoms with Crippen molar-refractivity contribution in [3.8, 4) is 0 Å². The van der Waals surface area contributed by atoms with E-state index in [0.717, 1.165) is 15.1 Å². The summed E-state index contributed by atoms with van der Waals surface area (Å²) in [6.45, 7) is 0.361. The van der Waals surface area contributed by atoms with Gasteiger partial charge >= 0.3 is 0 Å². The zero-order valence-electron chi connectivity index (χ0n) is 16.1. The number of thioether (sulfide) groups is 1. The van der Waals surface area contributed by atoms with Crippen LogP contribution < -0.4 is 15.0 Å². The number of carboxylic acids is 1. The number of thiophene rings is 2. The maximum Gasteiger partial charge on any atom is 0.269 e. The molecule has 31 heavy (non-hydrogen) atoms. The van der Waals surface area contributed by atoms with Crippen LogP contribution in [0.1, 0.15) is 4.88 Å². The molecule has 2 aliphatic rings. The Hall–Kier alpha value is -2.69. The first-order valence-electron chi connectivity index (χ1n) is 9.58. The number of fused-ring (bicyclic) bond motifs is 2. The van der Waals surface area contributed by atoms with E-state index in [1.807, 2.05) is 51.9 Å². The highest BCUT2D eigenvalue weighted by Crippen LogP contribution is 2.40. The van der Waals surface area contributed by atoms with Gasteiger partial charge in [-0.25, -0.2) is 0 Å². The summed E-state index contributed by atoms with van der Waals surface area (Å²) in [6, 6.07) is 8.95. The second kappa shape index (κ2) is 8.10. The van der Waals surface area contributed by atoms with E-state index in [1.54, 1.807) is 11.3 Å². The normalized spacial score (nSPS) is 20.5. The average molecular weight is 472 g/mol. The molecule has 2 atom stereocenters. The van der Waals surface area contributed by atoms with Crippen molar-refractivity contribution in [1.82, 2.24) is 10.2 Å². The van der Waals surface area contributed by atoms with Crippen molar-refractivity contribution in [1.29, 1.82) is 0 Å². The molecule has 7 nitrogen and oxygen atoms in total. The van der Waals surface area contributed by atoms with Crippen LogP contribution in [0.2, 0.25) is 0 Å². The van der Waals surface area contributed by atoms with E-state index in [4.69, 9.17) is 0 Å². The molecule has 1 N–H and O–H groups in total. The average Bonchev–Trinajstić information content (AvgIpc) is 3.43. The molecule has 5 rings (SSSR count). The highest BCUT2D eigenvalue weighted by atomic mass is 32.2. The number of amides is 2. The van der Waals surface area contributed by atoms with Gasteiger partial charge in [-0.3, -0.25) is 14.5 Å². The Balaban J connectivity index is 1.36. The number of nitrogens with one attached hydrogen (secondary N) is 1. The number of β-lactam (4-membered cyclic amide) rings is 1. The van der Waals surface area contributed by atoms with Crippen LogP contribution in [0.25, 0.3) is 10.2 Å². The van der Waals surface area contributed by atoms with Gasteiger partial charge in [-0.1, -0.05) is 17.4 Å². The molecule has 0 radical (unpaired) electrons. The molecule has 3 aromatic heterocycles. The lowest BCUT2D eigenvalue weighted by Gasteiger charge is -2.50. The fraction of sp³-hybridized carbons (Fsp3) is 0.238. The predicted molar refractivity (Wildman–Crippen MR) is 117 cm³/mol. The van der Waals surface area contributed by atoms with Gasteiger partial charge in [0.15, 0.2) is 12.7 Å². The minimum Gasteiger partial charge on any atom is -0.543 e. The number of nitrogens with zero attached hydrogens (tertiary/aromatic N) is 2. The first-order chi connectivity index (χ1) is 15.0. The third kappa shape index (κ3) is 3.64. The Morgan fingerprint density at radius 2 is 2.06 bits per heavy atom. The van der Waals surface area contributed by atoms with Gasteiger partial charge in [-0.2, -0.15) is 4.57 Å². The molecule has 0 saturated carbocycles. The van der Waals surface area contributed by atoms with Gasteiger partial charge in [0, 0.05) is 22.3 Å². The monoisotopic (exact) mass is 471 g/mol. The molecule has 2 amide bonds. The lowest BCUT2D eigenvalue weighted by Crippen LogP contribution is -2.71. The van der Waals surface area contributed by atoms with Crippen LogP contribution in [-0.2, 0) is 27.3 Å². The molecule has 5 heterocycles. The summed E-state index contributed by atoms with van der Waals surface area (Å²) in [4.78, 5) is 40.3. The van der Waals surface area contributed by atoms with Gasteiger partial charge in [0.05, 0.1) is 23.5 Å². The van der Waals surface area contributed by atoms with Crippen molar-refractivity contribution in [2.45, 2.75) is 24.4 Å². The van der Waals surface area contributed by atoms with Crippen LogP contribution in [0.4, 0.5) is 0 Å². The molecule has 1 fully saturated rings. The smallest absolute Gasteiger partial charge is 0.269 e. The van der Waals surface area contributed by atoms with E-state index in [1.165, 1.54) is 28.0 Å². The lowest BCUT2D eigenvalue weighted by atomic mass is 10.0. The predicted octanol–water partition coefficient (Wildman–Crippen LogP) is 0.897. The maximum atomic E-state index is 12.8. The largest absolute Gasteiger partial charge is 0.543 e. The summed E-state index contributed by atoms with van der Waals surface area (Å²) in [5.41, 5.74) is 0.558. The number of hydrogen-bond acceptors (Lipinski definition) is 7. The molecule has 0 aliphatic carbocycles. The van der Waals surface area contributed by atoms with E-state index < -0.39 is 23.3 Å². The molecule has 3 aromatic rings. The van der Waals surface area contributed by atoms with Gasteiger partial charge in [0.25, 0.3) is 10.7 Å². The van der Waals surface area contributed by atoms with Crippen molar-refractivity contribution in [3.05, 3.63) is 63.4 Å². The summed E-state index contributed by atoms with van der Waals surface area (Å²) in [6.07, 6.45) is 2.11. The molecule has 158 valence electrons. The molecule has 0 bridgehead atoms. The molecule has 10 heteroatoms. The fourth-order valence-corrected chi connectivity index (χ4v) is 6.82. The Bertz CT molecular complexity index is 1220. The molecular weight excluding hydrogens is 454 g/mol. The highest BCUT2D eigenvalue weighted by molar-refractivity contribution is 8.00. The second-order valence-electron chi connectivity index (χ2n) is 7.27. The van der Waals surface area contributed by atoms with Gasteiger partial charge < -0.3 is 15.2 Å². The summed E-state index contributed by atoms with van der Waals surface area (Å²) in [7, 11) is 0. The van der Waals surface area contributed by atoms with Gasteiger partial charge in [0.2, 0.25) is 5.91 Å². The number of carbonyl (C=O) groups excluding carboxylic acids is 3. The minimum atomic E-state index is -1.36. The van der Waals surface area contributed by atoms with Crippen molar-refractivity contribution in [3.63, 3.8) is 0 Å². The zero-order chi connectivity index (χ0) is 21.5. The van der Waals surface area contributed by atoms with Crippen LogP contribution in [-0.4, -0.2) is 39.9 Å². The van der Waals surface area contributed by atoms with E-state index in [-0.39, 0.29) is 18.0 Å². The molecule has 2 aliphatic heterocycles. The Kier molecular flexibility index (Phi) is 5.28. The summed E-state index contributed by atoms with van der Waals surface area (Å²) >= 11 is 4.52. The lowest BCUT2D eigenvalue weighted by molar-refractivity contribution is -0.661. The zero-order valence-corrected chi connectivity index (χ0v) is 18.6.